The van der Waals surface area contributed by atoms with Gasteiger partial charge in [-0.15, -0.1) is 16.5 Å². The van der Waals surface area contributed by atoms with Gasteiger partial charge in [0.15, 0.2) is 5.75 Å². The molecule has 7 rings (SSSR count). The minimum atomic E-state index is -2.97. The largest absolute Gasteiger partial charge is 0.747 e. The van der Waals surface area contributed by atoms with Crippen molar-refractivity contribution in [3.63, 3.8) is 0 Å². The summed E-state index contributed by atoms with van der Waals surface area (Å²) in [5.74, 6) is -0.978. The number of aliphatic hydroxyl groups is 2. The van der Waals surface area contributed by atoms with E-state index in [1.807, 2.05) is 24.3 Å². The van der Waals surface area contributed by atoms with Crippen molar-refractivity contribution in [1.82, 2.24) is 10.2 Å². The topological polar surface area (TPSA) is 215 Å². The van der Waals surface area contributed by atoms with Crippen LogP contribution in [0.25, 0.3) is 33.7 Å². The van der Waals surface area contributed by atoms with E-state index in [4.69, 9.17) is 20.9 Å². The highest BCUT2D eigenvalue weighted by Gasteiger charge is 2.34. The summed E-state index contributed by atoms with van der Waals surface area (Å²) in [6, 6.07) is 22.9. The van der Waals surface area contributed by atoms with Crippen molar-refractivity contribution in [2.45, 2.75) is 57.3 Å². The standard InChI is InChI=1S/C51H52BrClN5O11P/c1-56(49(63)29-52)24-9-3-2-4-14-45(59)54-23-21-46(60)55-40-26-32(16-19-48(62)58-31-34(30-53)50-39-13-8-7-12-38(39)43(28-42(50)58)68-51(64)65)15-17-33(40)18-20-47(61)57-25-22-36-35-10-5-6-11-37(35)44(27-41(36)57)69-70(66)67/h5-8,10-13,15-20,26-28,34,51,64-65H,2-4,9,14,21-25,29-31H2,1H3,(H2-,54,55,59,60,61,66,67)/p+1/b19-16+/t34-/m1/s1. The molecule has 2 aliphatic rings. The SMILES string of the molecule is CN(CCCCCCC(=O)NCCC(=O)Nc1cc(/C=C/C(=O)N2C[C@@H](CCl)c3c2cc(OC(O)O)c2ccccc32)ccc1/C=C/C(=O)N1CCc2c1cc(O[P+](=O)O)c1ccccc21)C(=O)CBr. The number of carbonyl (C=O) groups excluding carboxylic acids is 5. The Kier molecular flexibility index (Phi) is 17.8. The zero-order valence-electron chi connectivity index (χ0n) is 38.3. The van der Waals surface area contributed by atoms with E-state index in [9.17, 15) is 43.6 Å². The van der Waals surface area contributed by atoms with Gasteiger partial charge in [0.1, 0.15) is 5.75 Å². The maximum Gasteiger partial charge on any atom is 0.747 e. The van der Waals surface area contributed by atoms with Crippen LogP contribution in [0, 0.1) is 0 Å². The molecule has 0 saturated heterocycles. The van der Waals surface area contributed by atoms with Gasteiger partial charge in [0.05, 0.1) is 16.7 Å². The summed E-state index contributed by atoms with van der Waals surface area (Å²) in [5, 5.41) is 28.2. The molecule has 16 nitrogen and oxygen atoms in total. The lowest BCUT2D eigenvalue weighted by Crippen LogP contribution is -2.28. The molecule has 0 spiro atoms. The normalized spacial score (nSPS) is 14.4. The summed E-state index contributed by atoms with van der Waals surface area (Å²) in [7, 11) is -1.21. The number of alkyl halides is 2. The molecule has 0 aliphatic carbocycles. The highest BCUT2D eigenvalue weighted by Crippen LogP contribution is 2.46. The van der Waals surface area contributed by atoms with E-state index in [1.54, 1.807) is 88.5 Å². The number of benzene rings is 5. The number of unbranched alkanes of at least 4 members (excludes halogenated alkanes) is 3. The van der Waals surface area contributed by atoms with Crippen molar-refractivity contribution in [3.8, 4) is 11.5 Å². The van der Waals surface area contributed by atoms with E-state index < -0.39 is 20.6 Å². The van der Waals surface area contributed by atoms with Crippen LogP contribution < -0.4 is 29.7 Å². The first-order valence-electron chi connectivity index (χ1n) is 22.8. The lowest BCUT2D eigenvalue weighted by atomic mass is 9.95. The first-order valence-corrected chi connectivity index (χ1v) is 25.6. The maximum atomic E-state index is 14.0. The fourth-order valence-electron chi connectivity index (χ4n) is 8.85. The molecule has 5 amide bonds. The van der Waals surface area contributed by atoms with Gasteiger partial charge in [-0.3, -0.25) is 24.0 Å². The second-order valence-corrected chi connectivity index (χ2v) is 18.4. The van der Waals surface area contributed by atoms with Crippen LogP contribution >= 0.6 is 35.8 Å². The molecule has 19 heteroatoms. The average Bonchev–Trinajstić information content (AvgIpc) is 3.95. The van der Waals surface area contributed by atoms with Crippen LogP contribution in [0.2, 0.25) is 0 Å². The molecule has 1 unspecified atom stereocenters. The number of fused-ring (bicyclic) bond motifs is 6. The van der Waals surface area contributed by atoms with Crippen molar-refractivity contribution < 1.29 is 52.9 Å². The number of halogens is 2. The summed E-state index contributed by atoms with van der Waals surface area (Å²) in [5.41, 5.74) is 4.14. The van der Waals surface area contributed by atoms with Crippen molar-refractivity contribution in [1.29, 1.82) is 0 Å². The van der Waals surface area contributed by atoms with Gasteiger partial charge in [0.25, 0.3) is 11.8 Å². The smallest absolute Gasteiger partial charge is 0.441 e. The molecule has 0 fully saturated rings. The molecule has 2 heterocycles. The third kappa shape index (κ3) is 12.6. The molecule has 5 N–H and O–H groups in total. The predicted octanol–water partition coefficient (Wildman–Crippen LogP) is 7.90. The number of anilines is 3. The van der Waals surface area contributed by atoms with Gasteiger partial charge >= 0.3 is 14.7 Å². The first kappa shape index (κ1) is 51.6. The predicted molar refractivity (Wildman–Crippen MR) is 274 cm³/mol. The minimum Gasteiger partial charge on any atom is -0.441 e. The summed E-state index contributed by atoms with van der Waals surface area (Å²) < 4.78 is 22.3. The lowest BCUT2D eigenvalue weighted by molar-refractivity contribution is -0.178. The third-order valence-corrected chi connectivity index (χ3v) is 13.5. The summed E-state index contributed by atoms with van der Waals surface area (Å²) in [6.45, 7) is -0.744. The number of hydrogen-bond donors (Lipinski definition) is 5. The minimum absolute atomic E-state index is 0.0170. The van der Waals surface area contributed by atoms with E-state index in [0.29, 0.717) is 71.3 Å². The van der Waals surface area contributed by atoms with Crippen molar-refractivity contribution in [3.05, 3.63) is 113 Å². The fraction of sp³-hybridized carbons (Fsp3) is 0.314. The van der Waals surface area contributed by atoms with Crippen LogP contribution in [0.4, 0.5) is 17.1 Å². The van der Waals surface area contributed by atoms with Crippen LogP contribution in [0.1, 0.15) is 66.7 Å². The quantitative estimate of drug-likeness (QED) is 0.0157. The second-order valence-electron chi connectivity index (χ2n) is 16.9. The molecule has 70 heavy (non-hydrogen) atoms. The molecule has 5 aromatic rings. The van der Waals surface area contributed by atoms with E-state index in [1.165, 1.54) is 12.2 Å². The van der Waals surface area contributed by atoms with Gasteiger partial charge in [-0.05, 0) is 70.5 Å². The highest BCUT2D eigenvalue weighted by molar-refractivity contribution is 9.09. The Hall–Kier alpha value is -6.20. The van der Waals surface area contributed by atoms with Crippen LogP contribution in [0.5, 0.6) is 11.5 Å². The molecular weight excluding hydrogens is 1000 g/mol. The first-order chi connectivity index (χ1) is 33.8. The highest BCUT2D eigenvalue weighted by atomic mass is 79.9. The Morgan fingerprint density at radius 1 is 0.843 bits per heavy atom. The zero-order chi connectivity index (χ0) is 49.9. The Labute approximate surface area is 418 Å². The van der Waals surface area contributed by atoms with E-state index in [0.717, 1.165) is 41.2 Å². The number of rotatable bonds is 21. The van der Waals surface area contributed by atoms with Gasteiger partial charge < -0.3 is 40.3 Å². The molecule has 2 atom stereocenters. The van der Waals surface area contributed by atoms with Crippen LogP contribution in [-0.4, -0.2) is 100 Å². The van der Waals surface area contributed by atoms with Crippen LogP contribution in [0.15, 0.2) is 91.0 Å². The fourth-order valence-corrected chi connectivity index (χ4v) is 9.85. The molecule has 366 valence electrons. The zero-order valence-corrected chi connectivity index (χ0v) is 41.6. The van der Waals surface area contributed by atoms with Gasteiger partial charge in [-0.1, -0.05) is 89.4 Å². The summed E-state index contributed by atoms with van der Waals surface area (Å²) in [6.07, 6.45) is 9.91. The number of carbonyl (C=O) groups is 5. The molecule has 0 saturated carbocycles. The summed E-state index contributed by atoms with van der Waals surface area (Å²) >= 11 is 9.61. The number of ether oxygens (including phenoxy) is 1. The molecule has 0 aromatic heterocycles. The summed E-state index contributed by atoms with van der Waals surface area (Å²) in [4.78, 5) is 80.0. The number of amides is 5. The Morgan fingerprint density at radius 2 is 1.51 bits per heavy atom. The van der Waals surface area contributed by atoms with Gasteiger partial charge in [0, 0.05) is 103 Å². The Bertz CT molecular complexity index is 2880. The van der Waals surface area contributed by atoms with Gasteiger partial charge in [0.2, 0.25) is 17.7 Å². The monoisotopic (exact) mass is 1060 g/mol. The Balaban J connectivity index is 1.07. The van der Waals surface area contributed by atoms with Crippen LogP contribution in [0.3, 0.4) is 0 Å². The molecule has 5 aromatic carbocycles. The maximum absolute atomic E-state index is 14.0. The van der Waals surface area contributed by atoms with E-state index in [2.05, 4.69) is 26.6 Å². The van der Waals surface area contributed by atoms with Crippen molar-refractivity contribution >= 4 is 116 Å². The second kappa shape index (κ2) is 24.1. The Morgan fingerprint density at radius 3 is 2.23 bits per heavy atom. The molecule has 0 radical (unpaired) electrons. The molecule has 0 bridgehead atoms. The molecular formula is C51H53BrClN5O11P+. The van der Waals surface area contributed by atoms with E-state index >= 15 is 0 Å². The molecule has 2 aliphatic heterocycles. The third-order valence-electron chi connectivity index (χ3n) is 12.3. The van der Waals surface area contributed by atoms with Crippen molar-refractivity contribution in [2.75, 3.05) is 59.6 Å². The lowest BCUT2D eigenvalue weighted by Gasteiger charge is -2.18. The number of hydrogen-bond acceptors (Lipinski definition) is 10. The number of nitrogens with zero attached hydrogens (tertiary/aromatic N) is 3. The van der Waals surface area contributed by atoms with Crippen LogP contribution in [-0.2, 0) is 35.0 Å². The number of nitrogens with one attached hydrogen (secondary N) is 2. The average molecular weight is 1060 g/mol. The van der Waals surface area contributed by atoms with Gasteiger partial charge in [-0.25, -0.2) is 4.52 Å². The number of aliphatic hydroxyl groups excluding tert-OH is 1. The van der Waals surface area contributed by atoms with Gasteiger partial charge in [-0.2, -0.15) is 0 Å². The van der Waals surface area contributed by atoms with E-state index in [-0.39, 0.29) is 71.8 Å². The van der Waals surface area contributed by atoms with Crippen molar-refractivity contribution in [2.24, 2.45) is 0 Å².